The van der Waals surface area contributed by atoms with E-state index in [-0.39, 0.29) is 18.2 Å². The van der Waals surface area contributed by atoms with Crippen LogP contribution in [0.1, 0.15) is 61.0 Å². The van der Waals surface area contributed by atoms with Crippen molar-refractivity contribution in [3.8, 4) is 0 Å². The molecule has 2 N–H and O–H groups in total. The van der Waals surface area contributed by atoms with E-state index in [0.29, 0.717) is 11.5 Å². The van der Waals surface area contributed by atoms with Gasteiger partial charge in [0.25, 0.3) is 5.91 Å². The normalized spacial score (nSPS) is 19.0. The van der Waals surface area contributed by atoms with Gasteiger partial charge in [-0.3, -0.25) is 9.59 Å². The fourth-order valence-corrected chi connectivity index (χ4v) is 3.47. The summed E-state index contributed by atoms with van der Waals surface area (Å²) in [4.78, 5) is 25.1. The molecule has 0 heterocycles. The van der Waals surface area contributed by atoms with E-state index in [1.807, 2.05) is 48.5 Å². The van der Waals surface area contributed by atoms with Gasteiger partial charge >= 0.3 is 0 Å². The first-order valence-corrected chi connectivity index (χ1v) is 9.89. The van der Waals surface area contributed by atoms with Gasteiger partial charge in [-0.15, -0.1) is 0 Å². The second-order valence-electron chi connectivity index (χ2n) is 7.29. The van der Waals surface area contributed by atoms with Crippen LogP contribution in [0, 0.1) is 5.92 Å². The zero-order valence-electron chi connectivity index (χ0n) is 16.2. The van der Waals surface area contributed by atoms with Gasteiger partial charge in [-0.1, -0.05) is 61.9 Å². The molecule has 1 fully saturated rings. The van der Waals surface area contributed by atoms with E-state index in [0.717, 1.165) is 30.5 Å². The number of nitrogens with one attached hydrogen (secondary N) is 2. The third-order valence-corrected chi connectivity index (χ3v) is 5.15. The van der Waals surface area contributed by atoms with Crippen LogP contribution in [0.2, 0.25) is 0 Å². The predicted octanol–water partition coefficient (Wildman–Crippen LogP) is 4.23. The van der Waals surface area contributed by atoms with Crippen molar-refractivity contribution in [2.75, 3.05) is 0 Å². The van der Waals surface area contributed by atoms with E-state index >= 15 is 0 Å². The zero-order valence-corrected chi connectivity index (χ0v) is 16.2. The van der Waals surface area contributed by atoms with Crippen molar-refractivity contribution < 1.29 is 9.59 Å². The fraction of sp³-hybridized carbons (Fsp3) is 0.348. The molecule has 0 saturated heterocycles. The summed E-state index contributed by atoms with van der Waals surface area (Å²) in [6, 6.07) is 18.1. The third-order valence-electron chi connectivity index (χ3n) is 5.15. The lowest BCUT2D eigenvalue weighted by Crippen LogP contribution is -2.33. The van der Waals surface area contributed by atoms with Gasteiger partial charge < -0.3 is 5.32 Å². The number of rotatable bonds is 6. The molecule has 3 rings (SSSR count). The minimum atomic E-state index is -0.419. The highest BCUT2D eigenvalue weighted by atomic mass is 16.2. The number of carbonyl (C=O) groups excluding carboxylic acids is 2. The van der Waals surface area contributed by atoms with Crippen LogP contribution in [0.25, 0.3) is 0 Å². The molecule has 2 aromatic carbocycles. The van der Waals surface area contributed by atoms with E-state index < -0.39 is 6.04 Å². The summed E-state index contributed by atoms with van der Waals surface area (Å²) in [7, 11) is 0. The van der Waals surface area contributed by atoms with E-state index in [9.17, 15) is 9.59 Å². The average molecular weight is 377 g/mol. The van der Waals surface area contributed by atoms with Gasteiger partial charge in [-0.2, -0.15) is 5.10 Å². The molecule has 0 bridgehead atoms. The molecule has 0 spiro atoms. The SMILES string of the molecule is C[C@H]1CCCC/C1=N\NC(=O)C[C@H](NC(=O)c1ccccc1)c1ccccc1. The van der Waals surface area contributed by atoms with Crippen molar-refractivity contribution in [3.05, 3.63) is 71.8 Å². The number of hydrazone groups is 1. The minimum Gasteiger partial charge on any atom is -0.345 e. The van der Waals surface area contributed by atoms with E-state index in [4.69, 9.17) is 0 Å². The second-order valence-corrected chi connectivity index (χ2v) is 7.29. The molecule has 1 aliphatic carbocycles. The van der Waals surface area contributed by atoms with Gasteiger partial charge in [0.05, 0.1) is 12.5 Å². The molecule has 2 amide bonds. The largest absolute Gasteiger partial charge is 0.345 e. The lowest BCUT2D eigenvalue weighted by atomic mass is 9.89. The van der Waals surface area contributed by atoms with Gasteiger partial charge in [0, 0.05) is 11.3 Å². The predicted molar refractivity (Wildman–Crippen MR) is 111 cm³/mol. The Kier molecular flexibility index (Phi) is 6.95. The van der Waals surface area contributed by atoms with Crippen LogP contribution in [0.4, 0.5) is 0 Å². The molecule has 1 saturated carbocycles. The Morgan fingerprint density at radius 3 is 2.39 bits per heavy atom. The van der Waals surface area contributed by atoms with Gasteiger partial charge in [0.15, 0.2) is 0 Å². The van der Waals surface area contributed by atoms with E-state index in [2.05, 4.69) is 22.8 Å². The summed E-state index contributed by atoms with van der Waals surface area (Å²) >= 11 is 0. The van der Waals surface area contributed by atoms with Crippen LogP contribution in [0.15, 0.2) is 65.8 Å². The standard InChI is InChI=1S/C23H27N3O2/c1-17-10-8-9-15-20(17)25-26-22(27)16-21(18-11-4-2-5-12-18)24-23(28)19-13-6-3-7-14-19/h2-7,11-14,17,21H,8-10,15-16H2,1H3,(H,24,28)(H,26,27)/b25-20+/t17-,21-/m0/s1. The summed E-state index contributed by atoms with van der Waals surface area (Å²) in [6.45, 7) is 2.15. The third kappa shape index (κ3) is 5.52. The zero-order chi connectivity index (χ0) is 19.8. The van der Waals surface area contributed by atoms with Gasteiger partial charge in [0.1, 0.15) is 0 Å². The van der Waals surface area contributed by atoms with Crippen molar-refractivity contribution in [2.24, 2.45) is 11.0 Å². The summed E-state index contributed by atoms with van der Waals surface area (Å²) < 4.78 is 0. The number of hydrogen-bond donors (Lipinski definition) is 2. The Balaban J connectivity index is 1.68. The maximum absolute atomic E-state index is 12.6. The molecular formula is C23H27N3O2. The summed E-state index contributed by atoms with van der Waals surface area (Å²) in [5, 5.41) is 7.33. The highest BCUT2D eigenvalue weighted by molar-refractivity contribution is 5.95. The minimum absolute atomic E-state index is 0.133. The summed E-state index contributed by atoms with van der Waals surface area (Å²) in [6.07, 6.45) is 4.53. The van der Waals surface area contributed by atoms with Crippen LogP contribution >= 0.6 is 0 Å². The van der Waals surface area contributed by atoms with Gasteiger partial charge in [-0.25, -0.2) is 5.43 Å². The smallest absolute Gasteiger partial charge is 0.251 e. The molecule has 0 unspecified atom stereocenters. The Hall–Kier alpha value is -2.95. The first kappa shape index (κ1) is 19.8. The fourth-order valence-electron chi connectivity index (χ4n) is 3.47. The Morgan fingerprint density at radius 2 is 1.71 bits per heavy atom. The molecule has 0 radical (unpaired) electrons. The van der Waals surface area contributed by atoms with Gasteiger partial charge in [-0.05, 0) is 42.9 Å². The molecule has 1 aliphatic rings. The number of nitrogens with zero attached hydrogens (tertiary/aromatic N) is 1. The highest BCUT2D eigenvalue weighted by Crippen LogP contribution is 2.21. The van der Waals surface area contributed by atoms with Crippen LogP contribution in [0.3, 0.4) is 0 Å². The van der Waals surface area contributed by atoms with Crippen LogP contribution in [0.5, 0.6) is 0 Å². The highest BCUT2D eigenvalue weighted by Gasteiger charge is 2.20. The molecule has 2 atom stereocenters. The topological polar surface area (TPSA) is 70.6 Å². The average Bonchev–Trinajstić information content (AvgIpc) is 2.74. The quantitative estimate of drug-likeness (QED) is 0.740. The lowest BCUT2D eigenvalue weighted by Gasteiger charge is -2.21. The maximum atomic E-state index is 12.6. The van der Waals surface area contributed by atoms with Crippen molar-refractivity contribution in [2.45, 2.75) is 45.1 Å². The lowest BCUT2D eigenvalue weighted by molar-refractivity contribution is -0.121. The van der Waals surface area contributed by atoms with Crippen molar-refractivity contribution in [1.29, 1.82) is 0 Å². The Bertz CT molecular complexity index is 818. The van der Waals surface area contributed by atoms with Crippen molar-refractivity contribution >= 4 is 17.5 Å². The Labute approximate surface area is 166 Å². The second kappa shape index (κ2) is 9.83. The molecule has 2 aromatic rings. The van der Waals surface area contributed by atoms with E-state index in [1.165, 1.54) is 6.42 Å². The first-order chi connectivity index (χ1) is 13.6. The molecule has 5 nitrogen and oxygen atoms in total. The molecule has 5 heteroatoms. The Morgan fingerprint density at radius 1 is 1.04 bits per heavy atom. The van der Waals surface area contributed by atoms with Crippen LogP contribution in [-0.2, 0) is 4.79 Å². The first-order valence-electron chi connectivity index (χ1n) is 9.89. The van der Waals surface area contributed by atoms with Crippen molar-refractivity contribution in [3.63, 3.8) is 0 Å². The number of benzene rings is 2. The van der Waals surface area contributed by atoms with E-state index in [1.54, 1.807) is 12.1 Å². The molecular weight excluding hydrogens is 350 g/mol. The van der Waals surface area contributed by atoms with Crippen molar-refractivity contribution in [1.82, 2.24) is 10.7 Å². The number of amides is 2. The summed E-state index contributed by atoms with van der Waals surface area (Å²) in [5.41, 5.74) is 5.21. The molecule has 0 aromatic heterocycles. The van der Waals surface area contributed by atoms with Crippen LogP contribution < -0.4 is 10.7 Å². The molecule has 28 heavy (non-hydrogen) atoms. The number of carbonyl (C=O) groups is 2. The van der Waals surface area contributed by atoms with Gasteiger partial charge in [0.2, 0.25) is 5.91 Å². The maximum Gasteiger partial charge on any atom is 0.251 e. The molecule has 0 aliphatic heterocycles. The van der Waals surface area contributed by atoms with Crippen LogP contribution in [-0.4, -0.2) is 17.5 Å². The monoisotopic (exact) mass is 377 g/mol. The molecule has 146 valence electrons. The summed E-state index contributed by atoms with van der Waals surface area (Å²) in [5.74, 6) is 0.0127. The number of hydrogen-bond acceptors (Lipinski definition) is 3.